The first kappa shape index (κ1) is 19.9. The fourth-order valence-corrected chi connectivity index (χ4v) is 4.27. The Labute approximate surface area is 163 Å². The van der Waals surface area contributed by atoms with Gasteiger partial charge in [-0.15, -0.1) is 0 Å². The summed E-state index contributed by atoms with van der Waals surface area (Å²) in [6, 6.07) is 6.00. The Morgan fingerprint density at radius 1 is 1.00 bits per heavy atom. The molecule has 0 radical (unpaired) electrons. The van der Waals surface area contributed by atoms with Crippen molar-refractivity contribution in [1.82, 2.24) is 9.80 Å². The van der Waals surface area contributed by atoms with Crippen LogP contribution in [0.15, 0.2) is 18.2 Å². The summed E-state index contributed by atoms with van der Waals surface area (Å²) in [4.78, 5) is 29.9. The molecule has 3 rings (SSSR count). The van der Waals surface area contributed by atoms with E-state index < -0.39 is 0 Å². The molecule has 1 saturated heterocycles. The van der Waals surface area contributed by atoms with Crippen LogP contribution >= 0.6 is 0 Å². The molecule has 0 atom stereocenters. The Morgan fingerprint density at radius 3 is 2.26 bits per heavy atom. The van der Waals surface area contributed by atoms with E-state index in [2.05, 4.69) is 30.1 Å². The maximum Gasteiger partial charge on any atom is 0.227 e. The Bertz CT molecular complexity index is 672. The van der Waals surface area contributed by atoms with Gasteiger partial charge in [-0.05, 0) is 63.3 Å². The second kappa shape index (κ2) is 8.87. The number of nitrogens with zero attached hydrogens (tertiary/aromatic N) is 2. The Balaban J connectivity index is 1.49. The molecule has 1 saturated carbocycles. The van der Waals surface area contributed by atoms with Crippen molar-refractivity contribution >= 4 is 17.5 Å². The number of likely N-dealkylation sites (N-methyl/N-ethyl adjacent to an activating group) is 1. The highest BCUT2D eigenvalue weighted by atomic mass is 16.2. The molecule has 0 bridgehead atoms. The number of piperazine rings is 1. The number of amides is 2. The van der Waals surface area contributed by atoms with E-state index in [4.69, 9.17) is 0 Å². The van der Waals surface area contributed by atoms with Crippen LogP contribution in [0, 0.1) is 25.7 Å². The van der Waals surface area contributed by atoms with Gasteiger partial charge in [0.15, 0.2) is 0 Å². The molecule has 2 fully saturated rings. The molecule has 1 aliphatic carbocycles. The van der Waals surface area contributed by atoms with Crippen LogP contribution < -0.4 is 5.32 Å². The van der Waals surface area contributed by atoms with E-state index in [0.29, 0.717) is 5.91 Å². The van der Waals surface area contributed by atoms with E-state index in [-0.39, 0.29) is 17.7 Å². The van der Waals surface area contributed by atoms with Gasteiger partial charge in [-0.2, -0.15) is 0 Å². The number of aryl methyl sites for hydroxylation is 1. The lowest BCUT2D eigenvalue weighted by Gasteiger charge is -2.37. The van der Waals surface area contributed by atoms with Crippen molar-refractivity contribution in [3.05, 3.63) is 29.3 Å². The van der Waals surface area contributed by atoms with Crippen molar-refractivity contribution < 1.29 is 9.59 Å². The molecule has 148 valence electrons. The van der Waals surface area contributed by atoms with Gasteiger partial charge in [0, 0.05) is 43.7 Å². The monoisotopic (exact) mass is 371 g/mol. The van der Waals surface area contributed by atoms with Gasteiger partial charge in [0.25, 0.3) is 0 Å². The molecule has 1 aromatic carbocycles. The number of hydrogen-bond acceptors (Lipinski definition) is 3. The molecular formula is C22H33N3O2. The molecule has 1 aromatic rings. The lowest BCUT2D eigenvalue weighted by Crippen LogP contribution is -2.50. The Hall–Kier alpha value is -1.88. The fourth-order valence-electron chi connectivity index (χ4n) is 4.27. The summed E-state index contributed by atoms with van der Waals surface area (Å²) in [5.41, 5.74) is 3.22. The smallest absolute Gasteiger partial charge is 0.227 e. The van der Waals surface area contributed by atoms with Crippen LogP contribution in [-0.2, 0) is 9.59 Å². The topological polar surface area (TPSA) is 52.7 Å². The fraction of sp³-hybridized carbons (Fsp3) is 0.636. The average Bonchev–Trinajstić information content (AvgIpc) is 2.71. The third-order valence-corrected chi connectivity index (χ3v) is 6.44. The normalized spacial score (nSPS) is 23.9. The zero-order valence-corrected chi connectivity index (χ0v) is 17.0. The molecule has 0 spiro atoms. The van der Waals surface area contributed by atoms with Gasteiger partial charge in [-0.1, -0.05) is 19.1 Å². The molecule has 5 heteroatoms. The standard InChI is InChI=1S/C22H33N3O2/c1-4-24-12-14-25(15-13-24)22(27)19-10-8-18(9-11-19)21(26)23-20-7-5-6-16(2)17(20)3/h5-7,18-19H,4,8-15H2,1-3H3,(H,23,26). The SMILES string of the molecule is CCN1CCN(C(=O)C2CCC(C(=O)Nc3cccc(C)c3C)CC2)CC1. The van der Waals surface area contributed by atoms with Gasteiger partial charge in [-0.3, -0.25) is 9.59 Å². The molecule has 27 heavy (non-hydrogen) atoms. The predicted octanol–water partition coefficient (Wildman–Crippen LogP) is 3.21. The van der Waals surface area contributed by atoms with Gasteiger partial charge in [-0.25, -0.2) is 0 Å². The quantitative estimate of drug-likeness (QED) is 0.884. The highest BCUT2D eigenvalue weighted by Crippen LogP contribution is 2.31. The average molecular weight is 372 g/mol. The van der Waals surface area contributed by atoms with Gasteiger partial charge in [0.2, 0.25) is 11.8 Å². The third kappa shape index (κ3) is 4.70. The Kier molecular flexibility index (Phi) is 6.53. The van der Waals surface area contributed by atoms with Crippen LogP contribution in [0.25, 0.3) is 0 Å². The number of hydrogen-bond donors (Lipinski definition) is 1. The van der Waals surface area contributed by atoms with Crippen LogP contribution in [0.5, 0.6) is 0 Å². The number of rotatable bonds is 4. The van der Waals surface area contributed by atoms with Gasteiger partial charge >= 0.3 is 0 Å². The van der Waals surface area contributed by atoms with Crippen LogP contribution in [0.2, 0.25) is 0 Å². The van der Waals surface area contributed by atoms with Crippen molar-refractivity contribution in [2.45, 2.75) is 46.5 Å². The van der Waals surface area contributed by atoms with E-state index in [0.717, 1.165) is 69.7 Å². The van der Waals surface area contributed by atoms with Crippen LogP contribution in [0.1, 0.15) is 43.7 Å². The van der Waals surface area contributed by atoms with E-state index >= 15 is 0 Å². The molecular weight excluding hydrogens is 338 g/mol. The first-order valence-corrected chi connectivity index (χ1v) is 10.4. The zero-order chi connectivity index (χ0) is 19.4. The second-order valence-corrected chi connectivity index (χ2v) is 8.04. The van der Waals surface area contributed by atoms with E-state index in [9.17, 15) is 9.59 Å². The maximum atomic E-state index is 12.8. The number of anilines is 1. The van der Waals surface area contributed by atoms with Crippen LogP contribution in [0.3, 0.4) is 0 Å². The van der Waals surface area contributed by atoms with Gasteiger partial charge < -0.3 is 15.1 Å². The maximum absolute atomic E-state index is 12.8. The Morgan fingerprint density at radius 2 is 1.63 bits per heavy atom. The van der Waals surface area contributed by atoms with Gasteiger partial charge in [0.05, 0.1) is 0 Å². The lowest BCUT2D eigenvalue weighted by atomic mass is 9.80. The van der Waals surface area contributed by atoms with E-state index in [1.807, 2.05) is 24.0 Å². The predicted molar refractivity (Wildman–Crippen MR) is 109 cm³/mol. The minimum Gasteiger partial charge on any atom is -0.340 e. The van der Waals surface area contributed by atoms with Crippen LogP contribution in [0.4, 0.5) is 5.69 Å². The first-order valence-electron chi connectivity index (χ1n) is 10.4. The van der Waals surface area contributed by atoms with Crippen molar-refractivity contribution in [1.29, 1.82) is 0 Å². The van der Waals surface area contributed by atoms with Crippen molar-refractivity contribution in [3.8, 4) is 0 Å². The second-order valence-electron chi connectivity index (χ2n) is 8.04. The summed E-state index contributed by atoms with van der Waals surface area (Å²) in [5.74, 6) is 0.527. The highest BCUT2D eigenvalue weighted by molar-refractivity contribution is 5.93. The molecule has 1 N–H and O–H groups in total. The summed E-state index contributed by atoms with van der Waals surface area (Å²) in [5, 5.41) is 3.10. The molecule has 1 aliphatic heterocycles. The number of carbonyl (C=O) groups is 2. The first-order chi connectivity index (χ1) is 13.0. The largest absolute Gasteiger partial charge is 0.340 e. The van der Waals surface area contributed by atoms with Crippen molar-refractivity contribution in [3.63, 3.8) is 0 Å². The summed E-state index contributed by atoms with van der Waals surface area (Å²) in [6.45, 7) is 11.0. The molecule has 2 amide bonds. The van der Waals surface area contributed by atoms with E-state index in [1.54, 1.807) is 0 Å². The summed E-state index contributed by atoms with van der Waals surface area (Å²) in [7, 11) is 0. The van der Waals surface area contributed by atoms with Crippen molar-refractivity contribution in [2.24, 2.45) is 11.8 Å². The van der Waals surface area contributed by atoms with Gasteiger partial charge in [0.1, 0.15) is 0 Å². The van der Waals surface area contributed by atoms with Crippen LogP contribution in [-0.4, -0.2) is 54.3 Å². The lowest BCUT2D eigenvalue weighted by molar-refractivity contribution is -0.139. The molecule has 0 unspecified atom stereocenters. The number of benzene rings is 1. The molecule has 1 heterocycles. The molecule has 2 aliphatic rings. The van der Waals surface area contributed by atoms with E-state index in [1.165, 1.54) is 5.56 Å². The summed E-state index contributed by atoms with van der Waals surface area (Å²) >= 11 is 0. The minimum absolute atomic E-state index is 0.0194. The summed E-state index contributed by atoms with van der Waals surface area (Å²) < 4.78 is 0. The molecule has 0 aromatic heterocycles. The zero-order valence-electron chi connectivity index (χ0n) is 17.0. The highest BCUT2D eigenvalue weighted by Gasteiger charge is 2.33. The third-order valence-electron chi connectivity index (χ3n) is 6.44. The van der Waals surface area contributed by atoms with Crippen molar-refractivity contribution in [2.75, 3.05) is 38.0 Å². The number of carbonyl (C=O) groups excluding carboxylic acids is 2. The summed E-state index contributed by atoms with van der Waals surface area (Å²) in [6.07, 6.45) is 3.28. The molecule has 5 nitrogen and oxygen atoms in total. The minimum atomic E-state index is 0.0194. The number of nitrogens with one attached hydrogen (secondary N) is 1.